The number of H-pyrrole nitrogens is 1. The van der Waals surface area contributed by atoms with Gasteiger partial charge in [-0.1, -0.05) is 6.07 Å². The number of aryl methyl sites for hydroxylation is 1. The lowest BCUT2D eigenvalue weighted by Gasteiger charge is -2.12. The molecule has 3 aromatic heterocycles. The molecule has 0 aliphatic heterocycles. The van der Waals surface area contributed by atoms with Crippen molar-refractivity contribution in [3.63, 3.8) is 0 Å². The minimum atomic E-state index is -0.216. The molecule has 4 nitrogen and oxygen atoms in total. The lowest BCUT2D eigenvalue weighted by atomic mass is 9.96. The van der Waals surface area contributed by atoms with E-state index < -0.39 is 0 Å². The van der Waals surface area contributed by atoms with Crippen LogP contribution in [0.15, 0.2) is 66.6 Å². The highest BCUT2D eigenvalue weighted by Gasteiger charge is 2.14. The molecule has 2 aromatic carbocycles. The van der Waals surface area contributed by atoms with Gasteiger partial charge in [0, 0.05) is 34.6 Å². The molecule has 0 unspecified atom stereocenters. The van der Waals surface area contributed by atoms with Crippen LogP contribution in [0.3, 0.4) is 0 Å². The van der Waals surface area contributed by atoms with E-state index in [1.165, 1.54) is 6.07 Å². The second-order valence-electron chi connectivity index (χ2n) is 6.61. The summed E-state index contributed by atoms with van der Waals surface area (Å²) < 4.78 is 14.9. The number of halogens is 1. The van der Waals surface area contributed by atoms with Crippen molar-refractivity contribution < 1.29 is 4.39 Å². The number of thiazole rings is 1. The van der Waals surface area contributed by atoms with E-state index in [1.807, 2.05) is 30.0 Å². The van der Waals surface area contributed by atoms with Crippen LogP contribution in [0.25, 0.3) is 43.7 Å². The van der Waals surface area contributed by atoms with Crippen molar-refractivity contribution in [2.75, 3.05) is 0 Å². The van der Waals surface area contributed by atoms with Crippen LogP contribution in [0, 0.1) is 12.7 Å². The van der Waals surface area contributed by atoms with Crippen molar-refractivity contribution in [2.24, 2.45) is 0 Å². The number of pyridine rings is 1. The van der Waals surface area contributed by atoms with E-state index in [9.17, 15) is 4.39 Å². The average Bonchev–Trinajstić information content (AvgIpc) is 3.41. The number of hydrogen-bond donors (Lipinski definition) is 1. The van der Waals surface area contributed by atoms with Crippen molar-refractivity contribution >= 4 is 21.6 Å². The molecule has 0 aliphatic carbocycles. The third-order valence-electron chi connectivity index (χ3n) is 4.79. The first-order chi connectivity index (χ1) is 13.7. The zero-order chi connectivity index (χ0) is 19.1. The van der Waals surface area contributed by atoms with Gasteiger partial charge in [0.2, 0.25) is 0 Å². The summed E-state index contributed by atoms with van der Waals surface area (Å²) in [5, 5.41) is 6.88. The van der Waals surface area contributed by atoms with Crippen LogP contribution in [0.5, 0.6) is 0 Å². The number of hydrogen-bond acceptors (Lipinski definition) is 4. The molecule has 0 aliphatic rings. The summed E-state index contributed by atoms with van der Waals surface area (Å²) >= 11 is 1.61. The molecule has 5 rings (SSSR count). The molecule has 0 atom stereocenters. The van der Waals surface area contributed by atoms with Crippen molar-refractivity contribution in [1.82, 2.24) is 20.2 Å². The highest BCUT2D eigenvalue weighted by atomic mass is 32.1. The van der Waals surface area contributed by atoms with Gasteiger partial charge in [-0.15, -0.1) is 11.3 Å². The smallest absolute Gasteiger partial charge is 0.126 e. The van der Waals surface area contributed by atoms with Gasteiger partial charge < -0.3 is 0 Å². The second kappa shape index (κ2) is 6.65. The number of aromatic nitrogens is 4. The highest BCUT2D eigenvalue weighted by Crippen LogP contribution is 2.36. The van der Waals surface area contributed by atoms with Crippen LogP contribution < -0.4 is 0 Å². The molecular weight excluding hydrogens is 371 g/mol. The predicted molar refractivity (Wildman–Crippen MR) is 111 cm³/mol. The highest BCUT2D eigenvalue weighted by molar-refractivity contribution is 7.16. The number of nitrogens with one attached hydrogen (secondary N) is 1. The van der Waals surface area contributed by atoms with E-state index in [1.54, 1.807) is 30.5 Å². The van der Waals surface area contributed by atoms with Crippen LogP contribution in [0.1, 0.15) is 5.56 Å². The van der Waals surface area contributed by atoms with E-state index >= 15 is 0 Å². The zero-order valence-corrected chi connectivity index (χ0v) is 15.8. The summed E-state index contributed by atoms with van der Waals surface area (Å²) in [4.78, 5) is 9.11. The summed E-state index contributed by atoms with van der Waals surface area (Å²) in [7, 11) is 0. The average molecular weight is 386 g/mol. The molecular formula is C22H15FN4S. The Morgan fingerprint density at radius 2 is 1.79 bits per heavy atom. The molecule has 0 bridgehead atoms. The second-order valence-corrected chi connectivity index (χ2v) is 7.49. The molecule has 0 saturated heterocycles. The monoisotopic (exact) mass is 386 g/mol. The fraction of sp³-hybridized carbons (Fsp3) is 0.0455. The zero-order valence-electron chi connectivity index (χ0n) is 15.0. The van der Waals surface area contributed by atoms with Crippen LogP contribution >= 0.6 is 11.3 Å². The summed E-state index contributed by atoms with van der Waals surface area (Å²) in [6, 6.07) is 13.4. The van der Waals surface area contributed by atoms with Crippen LogP contribution in [0.2, 0.25) is 0 Å². The molecule has 6 heteroatoms. The summed E-state index contributed by atoms with van der Waals surface area (Å²) in [6.07, 6.45) is 5.44. The van der Waals surface area contributed by atoms with E-state index in [2.05, 4.69) is 33.4 Å². The molecule has 0 amide bonds. The molecule has 1 N–H and O–H groups in total. The van der Waals surface area contributed by atoms with Gasteiger partial charge in [0.15, 0.2) is 0 Å². The van der Waals surface area contributed by atoms with E-state index in [4.69, 9.17) is 4.98 Å². The van der Waals surface area contributed by atoms with Crippen LogP contribution in [-0.2, 0) is 0 Å². The number of rotatable bonds is 3. The Hall–Kier alpha value is -3.38. The summed E-state index contributed by atoms with van der Waals surface area (Å²) in [5.74, 6) is -0.216. The number of fused-ring (bicyclic) bond motifs is 1. The summed E-state index contributed by atoms with van der Waals surface area (Å²) in [5.41, 5.74) is 9.10. The number of nitrogens with zero attached hydrogens (tertiary/aromatic N) is 3. The van der Waals surface area contributed by atoms with Crippen LogP contribution in [-0.4, -0.2) is 20.2 Å². The van der Waals surface area contributed by atoms with Crippen molar-refractivity contribution in [3.8, 4) is 33.5 Å². The van der Waals surface area contributed by atoms with E-state index in [-0.39, 0.29) is 5.82 Å². The Labute approximate surface area is 164 Å². The summed E-state index contributed by atoms with van der Waals surface area (Å²) in [6.45, 7) is 1.77. The predicted octanol–water partition coefficient (Wildman–Crippen LogP) is 5.86. The standard InChI is InChI=1S/C22H15FN4S/c1-13-6-15(2-4-19(13)23)22-18(7-16(9-24-22)17-10-26-27-11-17)14-3-5-20-21(8-14)28-12-25-20/h2-12H,1H3,(H,26,27). The van der Waals surface area contributed by atoms with E-state index in [0.717, 1.165) is 43.7 Å². The maximum Gasteiger partial charge on any atom is 0.126 e. The Morgan fingerprint density at radius 1 is 0.893 bits per heavy atom. The Kier molecular flexibility index (Phi) is 3.98. The van der Waals surface area contributed by atoms with Crippen molar-refractivity contribution in [1.29, 1.82) is 0 Å². The fourth-order valence-electron chi connectivity index (χ4n) is 3.30. The third-order valence-corrected chi connectivity index (χ3v) is 5.58. The first-order valence-electron chi connectivity index (χ1n) is 8.78. The van der Waals surface area contributed by atoms with Gasteiger partial charge in [0.1, 0.15) is 5.82 Å². The molecule has 0 radical (unpaired) electrons. The normalized spacial score (nSPS) is 11.2. The third kappa shape index (κ3) is 2.88. The fourth-order valence-corrected chi connectivity index (χ4v) is 4.01. The molecule has 28 heavy (non-hydrogen) atoms. The minimum absolute atomic E-state index is 0.216. The first-order valence-corrected chi connectivity index (χ1v) is 9.66. The molecule has 5 aromatic rings. The van der Waals surface area contributed by atoms with E-state index in [0.29, 0.717) is 5.56 Å². The van der Waals surface area contributed by atoms with Gasteiger partial charge in [-0.05, 0) is 54.4 Å². The Morgan fingerprint density at radius 3 is 2.61 bits per heavy atom. The maximum atomic E-state index is 13.8. The molecule has 0 spiro atoms. The molecule has 0 fully saturated rings. The quantitative estimate of drug-likeness (QED) is 0.422. The Bertz CT molecular complexity index is 1290. The SMILES string of the molecule is Cc1cc(-c2ncc(-c3cn[nH]c3)cc2-c2ccc3ncsc3c2)ccc1F. The van der Waals surface area contributed by atoms with Crippen LogP contribution in [0.4, 0.5) is 4.39 Å². The largest absolute Gasteiger partial charge is 0.285 e. The van der Waals surface area contributed by atoms with Gasteiger partial charge in [0.05, 0.1) is 27.6 Å². The van der Waals surface area contributed by atoms with Gasteiger partial charge in [0.25, 0.3) is 0 Å². The minimum Gasteiger partial charge on any atom is -0.285 e. The molecule has 136 valence electrons. The topological polar surface area (TPSA) is 54.5 Å². The maximum absolute atomic E-state index is 13.8. The first kappa shape index (κ1) is 16.8. The lowest BCUT2D eigenvalue weighted by Crippen LogP contribution is -1.93. The lowest BCUT2D eigenvalue weighted by molar-refractivity contribution is 0.619. The number of aromatic amines is 1. The molecule has 3 heterocycles. The van der Waals surface area contributed by atoms with Crippen molar-refractivity contribution in [2.45, 2.75) is 6.92 Å². The van der Waals surface area contributed by atoms with Gasteiger partial charge in [-0.3, -0.25) is 10.1 Å². The number of benzene rings is 2. The Balaban J connectivity index is 1.74. The van der Waals surface area contributed by atoms with Crippen molar-refractivity contribution in [3.05, 3.63) is 77.9 Å². The van der Waals surface area contributed by atoms with Gasteiger partial charge >= 0.3 is 0 Å². The van der Waals surface area contributed by atoms with Gasteiger partial charge in [-0.2, -0.15) is 5.10 Å². The molecule has 0 saturated carbocycles. The van der Waals surface area contributed by atoms with Gasteiger partial charge in [-0.25, -0.2) is 9.37 Å².